The van der Waals surface area contributed by atoms with Crippen molar-refractivity contribution < 1.29 is 5.11 Å². The summed E-state index contributed by atoms with van der Waals surface area (Å²) in [5.74, 6) is 1.61. The Hall–Kier alpha value is -0.670. The van der Waals surface area contributed by atoms with Crippen molar-refractivity contribution in [1.82, 2.24) is 0 Å². The van der Waals surface area contributed by atoms with Crippen molar-refractivity contribution in [2.75, 3.05) is 24.2 Å². The first-order valence-electron chi connectivity index (χ1n) is 6.44. The SMILES string of the molecule is CCC(CO)CNc1ccc2c(c1)CCCS2. The van der Waals surface area contributed by atoms with Crippen molar-refractivity contribution in [2.24, 2.45) is 5.92 Å². The van der Waals surface area contributed by atoms with Crippen molar-refractivity contribution in [2.45, 2.75) is 31.1 Å². The number of thioether (sulfide) groups is 1. The fourth-order valence-electron chi connectivity index (χ4n) is 2.07. The van der Waals surface area contributed by atoms with Crippen LogP contribution < -0.4 is 5.32 Å². The highest BCUT2D eigenvalue weighted by molar-refractivity contribution is 7.99. The molecule has 0 aliphatic carbocycles. The molecule has 1 aliphatic heterocycles. The first-order valence-corrected chi connectivity index (χ1v) is 7.42. The predicted molar refractivity (Wildman–Crippen MR) is 74.8 cm³/mol. The van der Waals surface area contributed by atoms with Gasteiger partial charge in [-0.05, 0) is 54.7 Å². The minimum Gasteiger partial charge on any atom is -0.396 e. The van der Waals surface area contributed by atoms with Crippen LogP contribution in [-0.2, 0) is 6.42 Å². The summed E-state index contributed by atoms with van der Waals surface area (Å²) in [6.45, 7) is 3.25. The first-order chi connectivity index (χ1) is 8.33. The predicted octanol–water partition coefficient (Wildman–Crippen LogP) is 3.16. The van der Waals surface area contributed by atoms with E-state index in [4.69, 9.17) is 5.11 Å². The van der Waals surface area contributed by atoms with Crippen LogP contribution in [0.2, 0.25) is 0 Å². The second-order valence-electron chi connectivity index (χ2n) is 4.61. The monoisotopic (exact) mass is 251 g/mol. The molecule has 1 aliphatic rings. The van der Waals surface area contributed by atoms with Crippen LogP contribution in [0.1, 0.15) is 25.3 Å². The zero-order valence-corrected chi connectivity index (χ0v) is 11.2. The lowest BCUT2D eigenvalue weighted by molar-refractivity contribution is 0.230. The van der Waals surface area contributed by atoms with Crippen molar-refractivity contribution in [3.05, 3.63) is 23.8 Å². The minimum absolute atomic E-state index is 0.268. The van der Waals surface area contributed by atoms with Crippen LogP contribution in [0.25, 0.3) is 0 Å². The molecule has 0 radical (unpaired) electrons. The Kier molecular flexibility index (Phi) is 4.75. The first kappa shape index (κ1) is 12.8. The Morgan fingerprint density at radius 3 is 3.12 bits per heavy atom. The topological polar surface area (TPSA) is 32.3 Å². The van der Waals surface area contributed by atoms with Gasteiger partial charge >= 0.3 is 0 Å². The van der Waals surface area contributed by atoms with E-state index in [0.29, 0.717) is 5.92 Å². The van der Waals surface area contributed by atoms with Gasteiger partial charge in [0, 0.05) is 23.7 Å². The van der Waals surface area contributed by atoms with Crippen molar-refractivity contribution in [3.63, 3.8) is 0 Å². The second-order valence-corrected chi connectivity index (χ2v) is 5.75. The van der Waals surface area contributed by atoms with Gasteiger partial charge in [-0.1, -0.05) is 6.92 Å². The molecule has 0 aromatic heterocycles. The summed E-state index contributed by atoms with van der Waals surface area (Å²) < 4.78 is 0. The van der Waals surface area contributed by atoms with E-state index in [0.717, 1.165) is 13.0 Å². The molecular weight excluding hydrogens is 230 g/mol. The lowest BCUT2D eigenvalue weighted by atomic mass is 10.1. The molecule has 0 saturated heterocycles. The number of nitrogens with one attached hydrogen (secondary N) is 1. The van der Waals surface area contributed by atoms with Gasteiger partial charge in [-0.3, -0.25) is 0 Å². The van der Waals surface area contributed by atoms with Gasteiger partial charge in [-0.15, -0.1) is 11.8 Å². The minimum atomic E-state index is 0.268. The number of anilines is 1. The maximum atomic E-state index is 9.15. The summed E-state index contributed by atoms with van der Waals surface area (Å²) in [5.41, 5.74) is 2.67. The Labute approximate surface area is 108 Å². The van der Waals surface area contributed by atoms with Gasteiger partial charge in [0.05, 0.1) is 0 Å². The summed E-state index contributed by atoms with van der Waals surface area (Å²) in [5, 5.41) is 12.6. The van der Waals surface area contributed by atoms with Crippen LogP contribution in [-0.4, -0.2) is 24.0 Å². The molecule has 1 atom stereocenters. The molecule has 2 N–H and O–H groups in total. The Balaban J connectivity index is 1.97. The molecule has 1 unspecified atom stereocenters. The molecule has 94 valence electrons. The maximum absolute atomic E-state index is 9.15. The molecule has 0 bridgehead atoms. The number of aliphatic hydroxyl groups is 1. The average molecular weight is 251 g/mol. The molecule has 1 aromatic carbocycles. The molecule has 0 spiro atoms. The Morgan fingerprint density at radius 2 is 2.35 bits per heavy atom. The number of benzene rings is 1. The summed E-state index contributed by atoms with van der Waals surface area (Å²) in [7, 11) is 0. The molecule has 1 aromatic rings. The van der Waals surface area contributed by atoms with E-state index >= 15 is 0 Å². The highest BCUT2D eigenvalue weighted by Crippen LogP contribution is 2.31. The summed E-state index contributed by atoms with van der Waals surface area (Å²) in [6.07, 6.45) is 3.51. The molecule has 3 heteroatoms. The second kappa shape index (κ2) is 6.31. The van der Waals surface area contributed by atoms with Crippen LogP contribution in [0.15, 0.2) is 23.1 Å². The maximum Gasteiger partial charge on any atom is 0.0475 e. The molecule has 17 heavy (non-hydrogen) atoms. The number of rotatable bonds is 5. The largest absolute Gasteiger partial charge is 0.396 e. The molecule has 0 fully saturated rings. The van der Waals surface area contributed by atoms with Gasteiger partial charge in [0.25, 0.3) is 0 Å². The molecule has 1 heterocycles. The quantitative estimate of drug-likeness (QED) is 0.843. The molecule has 2 nitrogen and oxygen atoms in total. The van der Waals surface area contributed by atoms with Crippen LogP contribution in [0.5, 0.6) is 0 Å². The average Bonchev–Trinajstić information content (AvgIpc) is 2.40. The molecule has 0 saturated carbocycles. The van der Waals surface area contributed by atoms with Gasteiger partial charge in [-0.2, -0.15) is 0 Å². The Bertz CT molecular complexity index is 363. The number of hydrogen-bond donors (Lipinski definition) is 2. The van der Waals surface area contributed by atoms with Crippen LogP contribution in [0.4, 0.5) is 5.69 Å². The number of fused-ring (bicyclic) bond motifs is 1. The lowest BCUT2D eigenvalue weighted by Crippen LogP contribution is -2.17. The third-order valence-corrected chi connectivity index (χ3v) is 4.54. The van der Waals surface area contributed by atoms with Crippen molar-refractivity contribution in [1.29, 1.82) is 0 Å². The van der Waals surface area contributed by atoms with Crippen LogP contribution in [0, 0.1) is 5.92 Å². The zero-order valence-electron chi connectivity index (χ0n) is 10.4. The van der Waals surface area contributed by atoms with Crippen LogP contribution >= 0.6 is 11.8 Å². The lowest BCUT2D eigenvalue weighted by Gasteiger charge is -2.18. The van der Waals surface area contributed by atoms with E-state index in [1.165, 1.54) is 34.7 Å². The van der Waals surface area contributed by atoms with Crippen molar-refractivity contribution >= 4 is 17.4 Å². The number of aryl methyl sites for hydroxylation is 1. The van der Waals surface area contributed by atoms with E-state index in [1.807, 2.05) is 11.8 Å². The summed E-state index contributed by atoms with van der Waals surface area (Å²) in [4.78, 5) is 1.44. The number of aliphatic hydroxyl groups excluding tert-OH is 1. The molecule has 0 amide bonds. The third kappa shape index (κ3) is 3.39. The van der Waals surface area contributed by atoms with E-state index in [9.17, 15) is 0 Å². The van der Waals surface area contributed by atoms with Gasteiger partial charge in [0.15, 0.2) is 0 Å². The van der Waals surface area contributed by atoms with E-state index in [1.54, 1.807) is 0 Å². The number of hydrogen-bond acceptors (Lipinski definition) is 3. The highest BCUT2D eigenvalue weighted by Gasteiger charge is 2.10. The summed E-state index contributed by atoms with van der Waals surface area (Å²) >= 11 is 1.96. The normalized spacial score (nSPS) is 16.4. The zero-order chi connectivity index (χ0) is 12.1. The fourth-order valence-corrected chi connectivity index (χ4v) is 3.09. The van der Waals surface area contributed by atoms with Gasteiger partial charge < -0.3 is 10.4 Å². The Morgan fingerprint density at radius 1 is 1.47 bits per heavy atom. The van der Waals surface area contributed by atoms with Gasteiger partial charge in [0.1, 0.15) is 0 Å². The van der Waals surface area contributed by atoms with Gasteiger partial charge in [0.2, 0.25) is 0 Å². The van der Waals surface area contributed by atoms with Crippen molar-refractivity contribution in [3.8, 4) is 0 Å². The third-order valence-electron chi connectivity index (χ3n) is 3.34. The highest BCUT2D eigenvalue weighted by atomic mass is 32.2. The molecular formula is C14H21NOS. The van der Waals surface area contributed by atoms with Crippen LogP contribution in [0.3, 0.4) is 0 Å². The standard InChI is InChI=1S/C14H21NOS/c1-2-11(10-16)9-15-13-5-6-14-12(8-13)4-3-7-17-14/h5-6,8,11,15-16H,2-4,7,9-10H2,1H3. The van der Waals surface area contributed by atoms with Gasteiger partial charge in [-0.25, -0.2) is 0 Å². The van der Waals surface area contributed by atoms with E-state index in [-0.39, 0.29) is 6.61 Å². The fraction of sp³-hybridized carbons (Fsp3) is 0.571. The van der Waals surface area contributed by atoms with E-state index < -0.39 is 0 Å². The molecule has 2 rings (SSSR count). The smallest absolute Gasteiger partial charge is 0.0475 e. The van der Waals surface area contributed by atoms with E-state index in [2.05, 4.69) is 30.4 Å². The summed E-state index contributed by atoms with van der Waals surface area (Å²) in [6, 6.07) is 6.65.